The van der Waals surface area contributed by atoms with Crippen LogP contribution in [0.3, 0.4) is 0 Å². The number of hydrogen-bond acceptors (Lipinski definition) is 3. The molecule has 0 unspecified atom stereocenters. The van der Waals surface area contributed by atoms with Gasteiger partial charge in [-0.1, -0.05) is 23.7 Å². The Balaban J connectivity index is 1.84. The van der Waals surface area contributed by atoms with E-state index >= 15 is 0 Å². The van der Waals surface area contributed by atoms with Crippen LogP contribution in [0.15, 0.2) is 58.7 Å². The Morgan fingerprint density at radius 2 is 2.12 bits per heavy atom. The van der Waals surface area contributed by atoms with Gasteiger partial charge >= 0.3 is 0 Å². The molecule has 118 valence electrons. The van der Waals surface area contributed by atoms with Crippen molar-refractivity contribution in [1.29, 1.82) is 0 Å². The summed E-state index contributed by atoms with van der Waals surface area (Å²) in [6.45, 7) is 0. The highest BCUT2D eigenvalue weighted by atomic mass is 35.5. The normalized spacial score (nSPS) is 11.8. The SMILES string of the molecule is O=c1c2[nH]c3ccc(F)cc3c2ncn1N=Cc1cccc(Cl)c1. The van der Waals surface area contributed by atoms with E-state index in [4.69, 9.17) is 11.6 Å². The second-order valence-corrected chi connectivity index (χ2v) is 5.67. The minimum absolute atomic E-state index is 0.279. The number of nitrogens with zero attached hydrogens (tertiary/aromatic N) is 3. The molecule has 0 spiro atoms. The van der Waals surface area contributed by atoms with Gasteiger partial charge in [0.05, 0.1) is 6.21 Å². The molecule has 0 amide bonds. The maximum absolute atomic E-state index is 13.4. The molecule has 7 heteroatoms. The van der Waals surface area contributed by atoms with Crippen LogP contribution >= 0.6 is 11.6 Å². The molecule has 0 aliphatic carbocycles. The van der Waals surface area contributed by atoms with Crippen LogP contribution in [0.4, 0.5) is 4.39 Å². The first kappa shape index (κ1) is 14.6. The highest BCUT2D eigenvalue weighted by Crippen LogP contribution is 2.22. The zero-order valence-electron chi connectivity index (χ0n) is 12.2. The van der Waals surface area contributed by atoms with Crippen molar-refractivity contribution in [2.24, 2.45) is 5.10 Å². The van der Waals surface area contributed by atoms with Crippen molar-refractivity contribution in [2.45, 2.75) is 0 Å². The molecule has 5 nitrogen and oxygen atoms in total. The molecule has 0 radical (unpaired) electrons. The molecule has 4 rings (SSSR count). The molecule has 1 N–H and O–H groups in total. The third kappa shape index (κ3) is 2.47. The first-order valence-corrected chi connectivity index (χ1v) is 7.48. The minimum Gasteiger partial charge on any atom is -0.349 e. The number of hydrogen-bond donors (Lipinski definition) is 1. The van der Waals surface area contributed by atoms with Gasteiger partial charge in [0.25, 0.3) is 5.56 Å². The molecular weight excluding hydrogens is 331 g/mol. The zero-order valence-corrected chi connectivity index (χ0v) is 13.0. The number of aromatic nitrogens is 3. The number of halogens is 2. The third-order valence-electron chi connectivity index (χ3n) is 3.63. The van der Waals surface area contributed by atoms with Crippen LogP contribution in [0.25, 0.3) is 21.9 Å². The molecule has 0 saturated carbocycles. The van der Waals surface area contributed by atoms with Gasteiger partial charge in [-0.2, -0.15) is 9.78 Å². The number of aromatic amines is 1. The Bertz CT molecular complexity index is 1160. The summed E-state index contributed by atoms with van der Waals surface area (Å²) in [6, 6.07) is 11.3. The lowest BCUT2D eigenvalue weighted by Crippen LogP contribution is -2.17. The fourth-order valence-corrected chi connectivity index (χ4v) is 2.71. The van der Waals surface area contributed by atoms with Crippen molar-refractivity contribution in [3.63, 3.8) is 0 Å². The van der Waals surface area contributed by atoms with Gasteiger partial charge < -0.3 is 4.98 Å². The standard InChI is InChI=1S/C17H10ClFN4O/c18-11-3-1-2-10(6-11)8-21-23-9-20-15-13-7-12(19)4-5-14(13)22-16(15)17(23)24/h1-9,22H. The Labute approximate surface area is 140 Å². The average Bonchev–Trinajstić information content (AvgIpc) is 2.93. The van der Waals surface area contributed by atoms with Gasteiger partial charge in [-0.15, -0.1) is 0 Å². The monoisotopic (exact) mass is 340 g/mol. The third-order valence-corrected chi connectivity index (χ3v) is 3.87. The second-order valence-electron chi connectivity index (χ2n) is 5.23. The van der Waals surface area contributed by atoms with E-state index in [1.165, 1.54) is 24.7 Å². The summed E-state index contributed by atoms with van der Waals surface area (Å²) in [4.78, 5) is 19.7. The predicted octanol–water partition coefficient (Wildman–Crippen LogP) is 3.55. The van der Waals surface area contributed by atoms with Crippen molar-refractivity contribution < 1.29 is 4.39 Å². The fraction of sp³-hybridized carbons (Fsp3) is 0. The smallest absolute Gasteiger partial charge is 0.298 e. The molecule has 0 aliphatic rings. The second kappa shape index (κ2) is 5.58. The Hall–Kier alpha value is -2.99. The predicted molar refractivity (Wildman–Crippen MR) is 92.3 cm³/mol. The van der Waals surface area contributed by atoms with E-state index in [1.807, 2.05) is 6.07 Å². The first-order valence-electron chi connectivity index (χ1n) is 7.10. The number of nitrogens with one attached hydrogen (secondary N) is 1. The summed E-state index contributed by atoms with van der Waals surface area (Å²) in [5, 5.41) is 5.26. The van der Waals surface area contributed by atoms with Crippen molar-refractivity contribution in [2.75, 3.05) is 0 Å². The molecule has 4 aromatic rings. The first-order chi connectivity index (χ1) is 11.6. The van der Waals surface area contributed by atoms with Gasteiger partial charge in [0.2, 0.25) is 0 Å². The Morgan fingerprint density at radius 3 is 2.96 bits per heavy atom. The van der Waals surface area contributed by atoms with Gasteiger partial charge in [-0.3, -0.25) is 4.79 Å². The Morgan fingerprint density at radius 1 is 1.25 bits per heavy atom. The van der Waals surface area contributed by atoms with Crippen LogP contribution in [-0.2, 0) is 0 Å². The molecule has 2 aromatic carbocycles. The zero-order chi connectivity index (χ0) is 16.7. The summed E-state index contributed by atoms with van der Waals surface area (Å²) >= 11 is 5.92. The van der Waals surface area contributed by atoms with Gasteiger partial charge in [0.15, 0.2) is 0 Å². The fourth-order valence-electron chi connectivity index (χ4n) is 2.52. The van der Waals surface area contributed by atoms with Gasteiger partial charge in [-0.25, -0.2) is 9.37 Å². The van der Waals surface area contributed by atoms with Crippen LogP contribution in [0, 0.1) is 5.82 Å². The van der Waals surface area contributed by atoms with E-state index in [9.17, 15) is 9.18 Å². The highest BCUT2D eigenvalue weighted by Gasteiger charge is 2.11. The molecule has 2 heterocycles. The van der Waals surface area contributed by atoms with Crippen LogP contribution in [-0.4, -0.2) is 20.9 Å². The summed E-state index contributed by atoms with van der Waals surface area (Å²) in [6.07, 6.45) is 2.83. The molecule has 0 aliphatic heterocycles. The molecule has 2 aromatic heterocycles. The van der Waals surface area contributed by atoms with E-state index < -0.39 is 0 Å². The summed E-state index contributed by atoms with van der Waals surface area (Å²) < 4.78 is 14.5. The molecule has 24 heavy (non-hydrogen) atoms. The Kier molecular flexibility index (Phi) is 3.39. The van der Waals surface area contributed by atoms with Gasteiger partial charge in [0, 0.05) is 15.9 Å². The topological polar surface area (TPSA) is 63.0 Å². The minimum atomic E-state index is -0.381. The lowest BCUT2D eigenvalue weighted by Gasteiger charge is -1.98. The van der Waals surface area contributed by atoms with Crippen molar-refractivity contribution in [3.05, 3.63) is 75.5 Å². The van der Waals surface area contributed by atoms with E-state index in [0.29, 0.717) is 21.4 Å². The maximum Gasteiger partial charge on any atom is 0.298 e. The van der Waals surface area contributed by atoms with E-state index in [1.54, 1.807) is 24.3 Å². The largest absolute Gasteiger partial charge is 0.349 e. The maximum atomic E-state index is 13.4. The summed E-state index contributed by atoms with van der Waals surface area (Å²) in [7, 11) is 0. The highest BCUT2D eigenvalue weighted by molar-refractivity contribution is 6.30. The van der Waals surface area contributed by atoms with E-state index in [-0.39, 0.29) is 16.9 Å². The molecule has 0 bridgehead atoms. The van der Waals surface area contributed by atoms with E-state index in [2.05, 4.69) is 15.1 Å². The quantitative estimate of drug-likeness (QED) is 0.567. The summed E-state index contributed by atoms with van der Waals surface area (Å²) in [5.41, 5.74) is 1.74. The number of fused-ring (bicyclic) bond motifs is 3. The average molecular weight is 341 g/mol. The van der Waals surface area contributed by atoms with E-state index in [0.717, 1.165) is 10.2 Å². The van der Waals surface area contributed by atoms with Crippen LogP contribution in [0.1, 0.15) is 5.56 Å². The van der Waals surface area contributed by atoms with Crippen LogP contribution in [0.5, 0.6) is 0 Å². The van der Waals surface area contributed by atoms with Crippen molar-refractivity contribution in [3.8, 4) is 0 Å². The van der Waals surface area contributed by atoms with Crippen molar-refractivity contribution >= 4 is 39.8 Å². The lowest BCUT2D eigenvalue weighted by atomic mass is 10.2. The van der Waals surface area contributed by atoms with Crippen molar-refractivity contribution in [1.82, 2.24) is 14.6 Å². The van der Waals surface area contributed by atoms with Gasteiger partial charge in [-0.05, 0) is 35.9 Å². The number of benzene rings is 2. The van der Waals surface area contributed by atoms with Gasteiger partial charge in [0.1, 0.15) is 23.2 Å². The molecular formula is C17H10ClFN4O. The summed E-state index contributed by atoms with van der Waals surface area (Å²) in [5.74, 6) is -0.381. The number of rotatable bonds is 2. The van der Waals surface area contributed by atoms with Crippen LogP contribution < -0.4 is 5.56 Å². The molecule has 0 atom stereocenters. The lowest BCUT2D eigenvalue weighted by molar-refractivity contribution is 0.630. The van der Waals surface area contributed by atoms with Crippen LogP contribution in [0.2, 0.25) is 5.02 Å². The number of H-pyrrole nitrogens is 1. The molecule has 0 saturated heterocycles. The molecule has 0 fully saturated rings.